The Morgan fingerprint density at radius 3 is 2.60 bits per heavy atom. The van der Waals surface area contributed by atoms with E-state index in [0.717, 1.165) is 11.3 Å². The van der Waals surface area contributed by atoms with Crippen LogP contribution in [0.3, 0.4) is 0 Å². The van der Waals surface area contributed by atoms with E-state index in [9.17, 15) is 9.59 Å². The quantitative estimate of drug-likeness (QED) is 0.399. The fourth-order valence-corrected chi connectivity index (χ4v) is 3.65. The maximum atomic E-state index is 12.6. The number of nitrogen functional groups attached to an aromatic ring is 1. The van der Waals surface area contributed by atoms with Gasteiger partial charge < -0.3 is 20.2 Å². The Hall–Kier alpha value is -3.26. The molecule has 0 spiro atoms. The van der Waals surface area contributed by atoms with Crippen LogP contribution < -0.4 is 11.1 Å². The summed E-state index contributed by atoms with van der Waals surface area (Å²) in [5.41, 5.74) is 8.23. The molecule has 0 radical (unpaired) electrons. The van der Waals surface area contributed by atoms with Crippen molar-refractivity contribution in [2.45, 2.75) is 18.7 Å². The van der Waals surface area contributed by atoms with Crippen molar-refractivity contribution in [3.8, 4) is 11.5 Å². The molecule has 1 aromatic heterocycles. The number of nitrogens with zero attached hydrogens (tertiary/aromatic N) is 1. The van der Waals surface area contributed by atoms with E-state index < -0.39 is 17.9 Å². The third-order valence-electron chi connectivity index (χ3n) is 4.17. The van der Waals surface area contributed by atoms with Crippen molar-refractivity contribution in [2.24, 2.45) is 0 Å². The lowest BCUT2D eigenvalue weighted by molar-refractivity contribution is -0.144. The third kappa shape index (κ3) is 5.87. The molecule has 1 amide bonds. The molecule has 1 heterocycles. The molecule has 8 heteroatoms. The van der Waals surface area contributed by atoms with E-state index in [-0.39, 0.29) is 12.3 Å². The lowest BCUT2D eigenvalue weighted by Gasteiger charge is -2.16. The Bertz CT molecular complexity index is 974. The van der Waals surface area contributed by atoms with Gasteiger partial charge in [-0.1, -0.05) is 30.3 Å². The van der Waals surface area contributed by atoms with Crippen LogP contribution in [0.2, 0.25) is 0 Å². The Labute approximate surface area is 179 Å². The number of carbonyl (C=O) groups excluding carboxylic acids is 2. The van der Waals surface area contributed by atoms with Gasteiger partial charge in [0.2, 0.25) is 5.89 Å². The summed E-state index contributed by atoms with van der Waals surface area (Å²) in [5, 5.41) is 2.70. The second-order valence-corrected chi connectivity index (χ2v) is 7.47. The number of nitrogens with one attached hydrogen (secondary N) is 1. The number of rotatable bonds is 9. The highest BCUT2D eigenvalue weighted by Crippen LogP contribution is 2.20. The van der Waals surface area contributed by atoms with E-state index in [0.29, 0.717) is 22.9 Å². The summed E-state index contributed by atoms with van der Waals surface area (Å²) in [6, 6.07) is 16.1. The van der Waals surface area contributed by atoms with Crippen LogP contribution in [0.25, 0.3) is 11.5 Å². The molecule has 3 rings (SSSR count). The number of thioether (sulfide) groups is 1. The van der Waals surface area contributed by atoms with Crippen molar-refractivity contribution < 1.29 is 18.7 Å². The van der Waals surface area contributed by atoms with Gasteiger partial charge in [0.25, 0.3) is 5.91 Å². The Morgan fingerprint density at radius 1 is 1.17 bits per heavy atom. The first kappa shape index (κ1) is 21.4. The molecule has 2 aromatic carbocycles. The van der Waals surface area contributed by atoms with E-state index in [1.807, 2.05) is 30.3 Å². The first-order valence-electron chi connectivity index (χ1n) is 9.47. The molecule has 0 fully saturated rings. The van der Waals surface area contributed by atoms with Crippen LogP contribution in [0.1, 0.15) is 23.0 Å². The number of benzene rings is 2. The molecule has 1 unspecified atom stereocenters. The van der Waals surface area contributed by atoms with Gasteiger partial charge in [-0.2, -0.15) is 11.8 Å². The second-order valence-electron chi connectivity index (χ2n) is 6.44. The number of carbonyl (C=O) groups is 2. The number of esters is 1. The smallest absolute Gasteiger partial charge is 0.329 e. The molecule has 3 N–H and O–H groups in total. The third-order valence-corrected chi connectivity index (χ3v) is 5.27. The number of aromatic nitrogens is 1. The lowest BCUT2D eigenvalue weighted by atomic mass is 10.2. The summed E-state index contributed by atoms with van der Waals surface area (Å²) in [5.74, 6) is 0.416. The van der Waals surface area contributed by atoms with E-state index in [4.69, 9.17) is 14.9 Å². The van der Waals surface area contributed by atoms with Crippen molar-refractivity contribution in [3.05, 3.63) is 72.1 Å². The van der Waals surface area contributed by atoms with Gasteiger partial charge in [-0.05, 0) is 36.8 Å². The zero-order chi connectivity index (χ0) is 21.3. The van der Waals surface area contributed by atoms with Crippen LogP contribution in [-0.2, 0) is 15.3 Å². The number of nitrogens with two attached hydrogens (primary N) is 1. The molecule has 0 saturated carbocycles. The van der Waals surface area contributed by atoms with Crippen molar-refractivity contribution in [3.63, 3.8) is 0 Å². The molecule has 0 aliphatic rings. The summed E-state index contributed by atoms with van der Waals surface area (Å²) >= 11 is 1.54. The van der Waals surface area contributed by atoms with Crippen molar-refractivity contribution in [1.29, 1.82) is 0 Å². The predicted octanol–water partition coefficient (Wildman–Crippen LogP) is 3.52. The fraction of sp³-hybridized carbons (Fsp3) is 0.227. The topological polar surface area (TPSA) is 107 Å². The largest absolute Gasteiger partial charge is 0.464 e. The Balaban J connectivity index is 1.63. The maximum Gasteiger partial charge on any atom is 0.329 e. The highest BCUT2D eigenvalue weighted by atomic mass is 32.2. The molecule has 0 saturated heterocycles. The molecule has 0 aliphatic carbocycles. The molecular weight excluding hydrogens is 402 g/mol. The maximum absolute atomic E-state index is 12.6. The average Bonchev–Trinajstić information content (AvgIpc) is 3.25. The van der Waals surface area contributed by atoms with Crippen LogP contribution >= 0.6 is 11.8 Å². The number of hydrogen-bond donors (Lipinski definition) is 2. The molecule has 1 atom stereocenters. The van der Waals surface area contributed by atoms with Gasteiger partial charge in [-0.25, -0.2) is 9.78 Å². The van der Waals surface area contributed by atoms with Crippen LogP contribution in [0, 0.1) is 0 Å². The lowest BCUT2D eigenvalue weighted by Crippen LogP contribution is -2.43. The number of amides is 1. The average molecular weight is 426 g/mol. The van der Waals surface area contributed by atoms with Crippen molar-refractivity contribution >= 4 is 29.3 Å². The highest BCUT2D eigenvalue weighted by molar-refractivity contribution is 7.98. The summed E-state index contributed by atoms with van der Waals surface area (Å²) < 4.78 is 10.5. The zero-order valence-electron chi connectivity index (χ0n) is 16.5. The normalized spacial score (nSPS) is 11.6. The highest BCUT2D eigenvalue weighted by Gasteiger charge is 2.24. The number of anilines is 1. The first-order valence-corrected chi connectivity index (χ1v) is 10.6. The van der Waals surface area contributed by atoms with Crippen LogP contribution in [0.5, 0.6) is 0 Å². The standard InChI is InChI=1S/C22H23N3O4S/c1-2-28-22(27)19(14-30-13-15-6-4-3-5-7-15)24-20(26)18-12-29-21(25-18)16-8-10-17(23)11-9-16/h3-12,19H,2,13-14,23H2,1H3,(H,24,26). The minimum Gasteiger partial charge on any atom is -0.464 e. The molecule has 0 bridgehead atoms. The summed E-state index contributed by atoms with van der Waals surface area (Å²) in [6.45, 7) is 1.96. The monoisotopic (exact) mass is 425 g/mol. The summed E-state index contributed by atoms with van der Waals surface area (Å²) in [7, 11) is 0. The molecular formula is C22H23N3O4S. The van der Waals surface area contributed by atoms with E-state index in [2.05, 4.69) is 10.3 Å². The van der Waals surface area contributed by atoms with Gasteiger partial charge in [0.1, 0.15) is 12.3 Å². The number of ether oxygens (including phenoxy) is 1. The summed E-state index contributed by atoms with van der Waals surface area (Å²) in [4.78, 5) is 29.1. The predicted molar refractivity (Wildman–Crippen MR) is 117 cm³/mol. The molecule has 7 nitrogen and oxygen atoms in total. The number of oxazole rings is 1. The van der Waals surface area contributed by atoms with Gasteiger partial charge in [-0.15, -0.1) is 0 Å². The van der Waals surface area contributed by atoms with Gasteiger partial charge in [0, 0.05) is 22.8 Å². The van der Waals surface area contributed by atoms with Crippen LogP contribution in [-0.4, -0.2) is 35.3 Å². The van der Waals surface area contributed by atoms with E-state index >= 15 is 0 Å². The second kappa shape index (κ2) is 10.5. The van der Waals surface area contributed by atoms with E-state index in [1.165, 1.54) is 18.0 Å². The minimum absolute atomic E-state index is 0.0872. The zero-order valence-corrected chi connectivity index (χ0v) is 17.4. The molecule has 3 aromatic rings. The van der Waals surface area contributed by atoms with Crippen molar-refractivity contribution in [2.75, 3.05) is 18.1 Å². The van der Waals surface area contributed by atoms with Crippen molar-refractivity contribution in [1.82, 2.24) is 10.3 Å². The minimum atomic E-state index is -0.789. The Morgan fingerprint density at radius 2 is 1.90 bits per heavy atom. The van der Waals surface area contributed by atoms with E-state index in [1.54, 1.807) is 31.2 Å². The van der Waals surface area contributed by atoms with Gasteiger partial charge in [0.05, 0.1) is 6.61 Å². The molecule has 30 heavy (non-hydrogen) atoms. The molecule has 0 aliphatic heterocycles. The number of hydrogen-bond acceptors (Lipinski definition) is 7. The molecule has 156 valence electrons. The van der Waals surface area contributed by atoms with Gasteiger partial charge >= 0.3 is 5.97 Å². The van der Waals surface area contributed by atoms with Gasteiger partial charge in [-0.3, -0.25) is 4.79 Å². The SMILES string of the molecule is CCOC(=O)C(CSCc1ccccc1)NC(=O)c1coc(-c2ccc(N)cc2)n1. The fourth-order valence-electron chi connectivity index (χ4n) is 2.65. The van der Waals surface area contributed by atoms with Gasteiger partial charge in [0.15, 0.2) is 5.69 Å². The first-order chi connectivity index (χ1) is 14.6. The van der Waals surface area contributed by atoms with Crippen LogP contribution in [0.4, 0.5) is 5.69 Å². The van der Waals surface area contributed by atoms with Crippen LogP contribution in [0.15, 0.2) is 65.3 Å². The summed E-state index contributed by atoms with van der Waals surface area (Å²) in [6.07, 6.45) is 1.26. The Kier molecular flexibility index (Phi) is 7.51.